The normalized spacial score (nSPS) is 10.4. The summed E-state index contributed by atoms with van der Waals surface area (Å²) in [4.78, 5) is 0. The first-order chi connectivity index (χ1) is 7.57. The number of benzene rings is 1. The van der Waals surface area contributed by atoms with E-state index in [1.54, 1.807) is 30.3 Å². The van der Waals surface area contributed by atoms with Gasteiger partial charge in [0.2, 0.25) is 0 Å². The Morgan fingerprint density at radius 1 is 1.12 bits per heavy atom. The van der Waals surface area contributed by atoms with E-state index < -0.39 is 9.84 Å². The molecule has 0 aliphatic carbocycles. The van der Waals surface area contributed by atoms with E-state index in [1.165, 1.54) is 0 Å². The Kier molecular flexibility index (Phi) is 4.04. The fourth-order valence-electron chi connectivity index (χ4n) is 1.20. The zero-order valence-electron chi connectivity index (χ0n) is 8.55. The van der Waals surface area contributed by atoms with Crippen molar-refractivity contribution in [2.75, 3.05) is 5.75 Å². The summed E-state index contributed by atoms with van der Waals surface area (Å²) in [5, 5.41) is 16.9. The van der Waals surface area contributed by atoms with Gasteiger partial charge in [-0.25, -0.2) is 8.42 Å². The minimum Gasteiger partial charge on any atom is -0.228 e. The quantitative estimate of drug-likeness (QED) is 0.788. The third kappa shape index (κ3) is 3.72. The second kappa shape index (κ2) is 5.29. The lowest BCUT2D eigenvalue weighted by Gasteiger charge is -2.02. The van der Waals surface area contributed by atoms with Crippen LogP contribution in [-0.4, -0.2) is 14.2 Å². The number of hydrogen-bond acceptors (Lipinski definition) is 4. The van der Waals surface area contributed by atoms with Crippen LogP contribution >= 0.6 is 0 Å². The molecule has 0 unspecified atom stereocenters. The molecule has 0 N–H and O–H groups in total. The van der Waals surface area contributed by atoms with Gasteiger partial charge in [0, 0.05) is 6.42 Å². The fourth-order valence-corrected chi connectivity index (χ4v) is 2.45. The minimum atomic E-state index is -3.22. The highest BCUT2D eigenvalue weighted by atomic mass is 32.2. The maximum absolute atomic E-state index is 11.5. The highest BCUT2D eigenvalue weighted by Crippen LogP contribution is 2.09. The van der Waals surface area contributed by atoms with Crippen LogP contribution in [0.15, 0.2) is 24.3 Å². The lowest BCUT2D eigenvalue weighted by Crippen LogP contribution is -2.08. The second-order valence-electron chi connectivity index (χ2n) is 3.31. The number of nitrogens with zero attached hydrogens (tertiary/aromatic N) is 2. The number of nitriles is 2. The summed E-state index contributed by atoms with van der Waals surface area (Å²) >= 11 is 0. The van der Waals surface area contributed by atoms with E-state index in [-0.39, 0.29) is 17.9 Å². The van der Waals surface area contributed by atoms with Crippen molar-refractivity contribution < 1.29 is 8.42 Å². The first-order valence-electron chi connectivity index (χ1n) is 4.64. The van der Waals surface area contributed by atoms with Gasteiger partial charge in [0.25, 0.3) is 0 Å². The first-order valence-corrected chi connectivity index (χ1v) is 6.46. The monoisotopic (exact) mass is 234 g/mol. The van der Waals surface area contributed by atoms with Gasteiger partial charge in [0.05, 0.1) is 29.2 Å². The topological polar surface area (TPSA) is 81.7 Å². The Morgan fingerprint density at radius 3 is 2.25 bits per heavy atom. The molecule has 0 radical (unpaired) electrons. The van der Waals surface area contributed by atoms with E-state index in [9.17, 15) is 8.42 Å². The number of rotatable bonds is 4. The van der Waals surface area contributed by atoms with Crippen LogP contribution in [0.3, 0.4) is 0 Å². The SMILES string of the molecule is N#CCCS(=O)(=O)Cc1ccc(C#N)cc1. The van der Waals surface area contributed by atoms with Crippen molar-refractivity contribution in [3.05, 3.63) is 35.4 Å². The van der Waals surface area contributed by atoms with E-state index in [1.807, 2.05) is 6.07 Å². The van der Waals surface area contributed by atoms with Crippen LogP contribution in [-0.2, 0) is 15.6 Å². The van der Waals surface area contributed by atoms with Gasteiger partial charge in [-0.1, -0.05) is 12.1 Å². The van der Waals surface area contributed by atoms with Gasteiger partial charge in [-0.15, -0.1) is 0 Å². The van der Waals surface area contributed by atoms with E-state index in [2.05, 4.69) is 0 Å². The highest BCUT2D eigenvalue weighted by molar-refractivity contribution is 7.90. The Labute approximate surface area is 94.7 Å². The van der Waals surface area contributed by atoms with Crippen LogP contribution in [0.1, 0.15) is 17.5 Å². The van der Waals surface area contributed by atoms with E-state index in [4.69, 9.17) is 10.5 Å². The molecule has 0 aliphatic heterocycles. The van der Waals surface area contributed by atoms with Gasteiger partial charge in [-0.3, -0.25) is 0 Å². The lowest BCUT2D eigenvalue weighted by molar-refractivity contribution is 0.595. The van der Waals surface area contributed by atoms with Crippen molar-refractivity contribution in [3.63, 3.8) is 0 Å². The molecule has 82 valence electrons. The van der Waals surface area contributed by atoms with Gasteiger partial charge in [-0.2, -0.15) is 10.5 Å². The molecule has 0 amide bonds. The van der Waals surface area contributed by atoms with Gasteiger partial charge in [0.15, 0.2) is 9.84 Å². The molecular weight excluding hydrogens is 224 g/mol. The molecule has 4 nitrogen and oxygen atoms in total. The Bertz CT molecular complexity index is 533. The van der Waals surface area contributed by atoms with Crippen LogP contribution < -0.4 is 0 Å². The largest absolute Gasteiger partial charge is 0.228 e. The number of hydrogen-bond donors (Lipinski definition) is 0. The molecule has 1 aromatic rings. The first kappa shape index (κ1) is 12.2. The van der Waals surface area contributed by atoms with Crippen LogP contribution in [0, 0.1) is 22.7 Å². The van der Waals surface area contributed by atoms with Crippen molar-refractivity contribution in [3.8, 4) is 12.1 Å². The summed E-state index contributed by atoms with van der Waals surface area (Å²) in [5.41, 5.74) is 1.13. The van der Waals surface area contributed by atoms with Crippen LogP contribution in [0.5, 0.6) is 0 Å². The van der Waals surface area contributed by atoms with Crippen molar-refractivity contribution in [1.82, 2.24) is 0 Å². The molecule has 0 saturated carbocycles. The molecule has 1 rings (SSSR count). The molecular formula is C11H10N2O2S. The zero-order valence-corrected chi connectivity index (χ0v) is 9.37. The number of sulfone groups is 1. The van der Waals surface area contributed by atoms with Crippen LogP contribution in [0.4, 0.5) is 0 Å². The Morgan fingerprint density at radius 2 is 1.75 bits per heavy atom. The van der Waals surface area contributed by atoms with Gasteiger partial charge in [0.1, 0.15) is 0 Å². The zero-order chi connectivity index (χ0) is 12.0. The van der Waals surface area contributed by atoms with Crippen molar-refractivity contribution in [1.29, 1.82) is 10.5 Å². The lowest BCUT2D eigenvalue weighted by atomic mass is 10.2. The molecule has 1 aromatic carbocycles. The van der Waals surface area contributed by atoms with Crippen molar-refractivity contribution in [2.24, 2.45) is 0 Å². The summed E-state index contributed by atoms with van der Waals surface area (Å²) < 4.78 is 23.0. The molecule has 0 atom stereocenters. The fraction of sp³-hybridized carbons (Fsp3) is 0.273. The van der Waals surface area contributed by atoms with Crippen molar-refractivity contribution >= 4 is 9.84 Å². The molecule has 5 heteroatoms. The average molecular weight is 234 g/mol. The summed E-state index contributed by atoms with van der Waals surface area (Å²) in [5.74, 6) is -0.204. The molecule has 0 aliphatic rings. The predicted molar refractivity (Wildman–Crippen MR) is 58.9 cm³/mol. The smallest absolute Gasteiger partial charge is 0.155 e. The average Bonchev–Trinajstić information content (AvgIpc) is 2.27. The highest BCUT2D eigenvalue weighted by Gasteiger charge is 2.11. The third-order valence-corrected chi connectivity index (χ3v) is 3.59. The standard InChI is InChI=1S/C11H10N2O2S/c12-6-1-7-16(14,15)9-11-4-2-10(8-13)3-5-11/h2-5H,1,7,9H2. The maximum Gasteiger partial charge on any atom is 0.155 e. The summed E-state index contributed by atoms with van der Waals surface area (Å²) in [6, 6.07) is 10.1. The van der Waals surface area contributed by atoms with Gasteiger partial charge >= 0.3 is 0 Å². The van der Waals surface area contributed by atoms with Crippen LogP contribution in [0.2, 0.25) is 0 Å². The van der Waals surface area contributed by atoms with E-state index in [0.29, 0.717) is 11.1 Å². The Hall–Kier alpha value is -1.85. The minimum absolute atomic E-state index is 0.0125. The van der Waals surface area contributed by atoms with Crippen LogP contribution in [0.25, 0.3) is 0 Å². The molecule has 0 aromatic heterocycles. The third-order valence-electron chi connectivity index (χ3n) is 1.99. The van der Waals surface area contributed by atoms with Gasteiger partial charge in [-0.05, 0) is 17.7 Å². The van der Waals surface area contributed by atoms with Gasteiger partial charge < -0.3 is 0 Å². The second-order valence-corrected chi connectivity index (χ2v) is 5.49. The molecule has 0 heterocycles. The van der Waals surface area contributed by atoms with Crippen molar-refractivity contribution in [2.45, 2.75) is 12.2 Å². The maximum atomic E-state index is 11.5. The summed E-state index contributed by atoms with van der Waals surface area (Å²) in [6.07, 6.45) is 0.0125. The Balaban J connectivity index is 2.74. The molecule has 16 heavy (non-hydrogen) atoms. The molecule has 0 spiro atoms. The summed E-state index contributed by atoms with van der Waals surface area (Å²) in [7, 11) is -3.22. The molecule has 0 saturated heterocycles. The predicted octanol–water partition coefficient (Wildman–Crippen LogP) is 1.39. The van der Waals surface area contributed by atoms with E-state index in [0.717, 1.165) is 0 Å². The van der Waals surface area contributed by atoms with E-state index >= 15 is 0 Å². The summed E-state index contributed by atoms with van der Waals surface area (Å²) in [6.45, 7) is 0. The molecule has 0 bridgehead atoms. The molecule has 0 fully saturated rings.